The summed E-state index contributed by atoms with van der Waals surface area (Å²) in [7, 11) is 0. The molecule has 108 valence electrons. The molecule has 0 atom stereocenters. The third kappa shape index (κ3) is 2.98. The van der Waals surface area contributed by atoms with Crippen LogP contribution >= 0.6 is 22.9 Å². The maximum absolute atomic E-state index is 11.7. The highest BCUT2D eigenvalue weighted by Crippen LogP contribution is 2.23. The molecule has 0 radical (unpaired) electrons. The second-order valence-electron chi connectivity index (χ2n) is 4.37. The quantitative estimate of drug-likeness (QED) is 0.848. The Morgan fingerprint density at radius 2 is 2.29 bits per heavy atom. The largest absolute Gasteiger partial charge is 0.380 e. The monoisotopic (exact) mass is 322 g/mol. The Bertz CT molecular complexity index is 687. The summed E-state index contributed by atoms with van der Waals surface area (Å²) in [6, 6.07) is 6.73. The van der Waals surface area contributed by atoms with Crippen molar-refractivity contribution in [2.75, 3.05) is 16.8 Å². The molecule has 2 aromatic rings. The van der Waals surface area contributed by atoms with E-state index in [9.17, 15) is 9.59 Å². The molecule has 6 nitrogen and oxygen atoms in total. The number of imide groups is 1. The maximum Gasteiger partial charge on any atom is 0.329 e. The zero-order valence-electron chi connectivity index (χ0n) is 10.8. The lowest BCUT2D eigenvalue weighted by Crippen LogP contribution is -2.30. The van der Waals surface area contributed by atoms with E-state index in [2.05, 4.69) is 15.6 Å². The van der Waals surface area contributed by atoms with Crippen LogP contribution < -0.4 is 15.5 Å². The molecule has 2 N–H and O–H groups in total. The molecule has 3 rings (SSSR count). The Morgan fingerprint density at radius 1 is 1.43 bits per heavy atom. The molecule has 3 amide bonds. The number of urea groups is 1. The first-order valence-electron chi connectivity index (χ1n) is 6.18. The van der Waals surface area contributed by atoms with Crippen LogP contribution in [0.1, 0.15) is 4.88 Å². The van der Waals surface area contributed by atoms with Crippen molar-refractivity contribution < 1.29 is 9.59 Å². The molecule has 21 heavy (non-hydrogen) atoms. The molecule has 1 aromatic heterocycles. The topological polar surface area (TPSA) is 74.3 Å². The molecule has 1 fully saturated rings. The first kappa shape index (κ1) is 13.8. The van der Waals surface area contributed by atoms with Gasteiger partial charge in [-0.1, -0.05) is 17.7 Å². The summed E-state index contributed by atoms with van der Waals surface area (Å²) in [6.07, 6.45) is 1.71. The first-order valence-corrected chi connectivity index (χ1v) is 7.38. The van der Waals surface area contributed by atoms with E-state index in [1.807, 2.05) is 6.07 Å². The molecule has 8 heteroatoms. The van der Waals surface area contributed by atoms with Gasteiger partial charge in [-0.25, -0.2) is 14.7 Å². The highest BCUT2D eigenvalue weighted by molar-refractivity contribution is 7.15. The van der Waals surface area contributed by atoms with Crippen molar-refractivity contribution >= 4 is 46.3 Å². The minimum absolute atomic E-state index is 0.0376. The highest BCUT2D eigenvalue weighted by atomic mass is 35.5. The van der Waals surface area contributed by atoms with Gasteiger partial charge in [-0.3, -0.25) is 4.79 Å². The number of carbonyl (C=O) groups is 2. The molecule has 1 aliphatic heterocycles. The molecular formula is C13H11ClN4O2S. The smallest absolute Gasteiger partial charge is 0.329 e. The fourth-order valence-electron chi connectivity index (χ4n) is 1.99. The Labute approximate surface area is 129 Å². The summed E-state index contributed by atoms with van der Waals surface area (Å²) >= 11 is 7.18. The normalized spacial score (nSPS) is 14.4. The zero-order valence-corrected chi connectivity index (χ0v) is 12.4. The average Bonchev–Trinajstić information content (AvgIpc) is 3.03. The van der Waals surface area contributed by atoms with Gasteiger partial charge in [-0.15, -0.1) is 11.3 Å². The van der Waals surface area contributed by atoms with Crippen LogP contribution in [0.25, 0.3) is 0 Å². The van der Waals surface area contributed by atoms with Gasteiger partial charge in [0.25, 0.3) is 5.91 Å². The number of nitrogens with zero attached hydrogens (tertiary/aromatic N) is 2. The van der Waals surface area contributed by atoms with E-state index >= 15 is 0 Å². The summed E-state index contributed by atoms with van der Waals surface area (Å²) in [5.74, 6) is -0.258. The summed E-state index contributed by atoms with van der Waals surface area (Å²) < 4.78 is 0.500. The lowest BCUT2D eigenvalue weighted by atomic mass is 10.2. The molecule has 0 aliphatic carbocycles. The van der Waals surface area contributed by atoms with E-state index in [1.54, 1.807) is 24.4 Å². The van der Waals surface area contributed by atoms with Gasteiger partial charge in [-0.05, 0) is 18.2 Å². The number of nitrogens with one attached hydrogen (secondary N) is 2. The number of anilines is 2. The molecular weight excluding hydrogens is 312 g/mol. The fraction of sp³-hybridized carbons (Fsp3) is 0.154. The van der Waals surface area contributed by atoms with Gasteiger partial charge in [0, 0.05) is 16.8 Å². The molecule has 2 heterocycles. The number of halogens is 1. The van der Waals surface area contributed by atoms with E-state index in [4.69, 9.17) is 11.6 Å². The Balaban J connectivity index is 1.74. The highest BCUT2D eigenvalue weighted by Gasteiger charge is 2.29. The summed E-state index contributed by atoms with van der Waals surface area (Å²) in [4.78, 5) is 29.4. The van der Waals surface area contributed by atoms with E-state index in [0.717, 1.165) is 15.5 Å². The molecule has 0 unspecified atom stereocenters. The molecule has 1 aromatic carbocycles. The van der Waals surface area contributed by atoms with Crippen LogP contribution in [0.4, 0.5) is 16.2 Å². The van der Waals surface area contributed by atoms with Gasteiger partial charge in [0.05, 0.1) is 18.8 Å². The predicted octanol–water partition coefficient (Wildman–Crippen LogP) is 2.46. The van der Waals surface area contributed by atoms with Crippen molar-refractivity contribution in [2.24, 2.45) is 0 Å². The number of carbonyl (C=O) groups excluding carboxylic acids is 2. The van der Waals surface area contributed by atoms with Crippen LogP contribution in [0.15, 0.2) is 30.5 Å². The number of aromatic nitrogens is 1. The summed E-state index contributed by atoms with van der Waals surface area (Å²) in [5, 5.41) is 5.70. The van der Waals surface area contributed by atoms with Crippen molar-refractivity contribution in [1.82, 2.24) is 10.3 Å². The van der Waals surface area contributed by atoms with Crippen molar-refractivity contribution in [2.45, 2.75) is 6.54 Å². The number of rotatable bonds is 4. The predicted molar refractivity (Wildman–Crippen MR) is 81.8 cm³/mol. The van der Waals surface area contributed by atoms with Crippen LogP contribution in [0, 0.1) is 0 Å². The third-order valence-electron chi connectivity index (χ3n) is 2.94. The van der Waals surface area contributed by atoms with E-state index in [0.29, 0.717) is 16.7 Å². The van der Waals surface area contributed by atoms with Crippen molar-refractivity contribution in [3.63, 3.8) is 0 Å². The first-order chi connectivity index (χ1) is 10.1. The molecule has 0 bridgehead atoms. The second-order valence-corrected chi connectivity index (χ2v) is 6.07. The summed E-state index contributed by atoms with van der Waals surface area (Å²) in [6.45, 7) is 0.615. The van der Waals surface area contributed by atoms with E-state index in [1.165, 1.54) is 11.3 Å². The number of benzene rings is 1. The van der Waals surface area contributed by atoms with Crippen LogP contribution in [-0.2, 0) is 11.3 Å². The van der Waals surface area contributed by atoms with Crippen LogP contribution in [-0.4, -0.2) is 23.5 Å². The Kier molecular flexibility index (Phi) is 3.76. The molecule has 1 aliphatic rings. The Morgan fingerprint density at radius 3 is 2.95 bits per heavy atom. The third-order valence-corrected chi connectivity index (χ3v) is 4.05. The lowest BCUT2D eigenvalue weighted by Gasteiger charge is -2.14. The maximum atomic E-state index is 11.7. The minimum atomic E-state index is -0.397. The molecule has 1 saturated heterocycles. The second kappa shape index (κ2) is 5.71. The standard InChI is InChI=1S/C13H11ClN4O2S/c14-12-16-6-10(21-12)5-15-8-2-1-3-9(4-8)18-11(19)7-17-13(18)20/h1-4,6,15H,5,7H2,(H,17,20). The summed E-state index contributed by atoms with van der Waals surface area (Å²) in [5.41, 5.74) is 1.35. The van der Waals surface area contributed by atoms with Crippen molar-refractivity contribution in [3.8, 4) is 0 Å². The fourth-order valence-corrected chi connectivity index (χ4v) is 2.91. The van der Waals surface area contributed by atoms with Crippen LogP contribution in [0.5, 0.6) is 0 Å². The number of hydrogen-bond acceptors (Lipinski definition) is 5. The molecule has 0 saturated carbocycles. The van der Waals surface area contributed by atoms with Crippen molar-refractivity contribution in [3.05, 3.63) is 39.8 Å². The number of hydrogen-bond donors (Lipinski definition) is 2. The van der Waals surface area contributed by atoms with E-state index in [-0.39, 0.29) is 12.5 Å². The van der Waals surface area contributed by atoms with Gasteiger partial charge in [0.15, 0.2) is 4.47 Å². The zero-order chi connectivity index (χ0) is 14.8. The van der Waals surface area contributed by atoms with Gasteiger partial charge < -0.3 is 10.6 Å². The Hall–Kier alpha value is -2.12. The lowest BCUT2D eigenvalue weighted by molar-refractivity contribution is -0.115. The van der Waals surface area contributed by atoms with Crippen LogP contribution in [0.2, 0.25) is 4.47 Å². The van der Waals surface area contributed by atoms with Crippen molar-refractivity contribution in [1.29, 1.82) is 0 Å². The minimum Gasteiger partial charge on any atom is -0.380 e. The number of thiazole rings is 1. The molecule has 0 spiro atoms. The van der Waals surface area contributed by atoms with Gasteiger partial charge in [-0.2, -0.15) is 0 Å². The van der Waals surface area contributed by atoms with Crippen LogP contribution in [0.3, 0.4) is 0 Å². The number of amides is 3. The van der Waals surface area contributed by atoms with Gasteiger partial charge in [0.2, 0.25) is 0 Å². The average molecular weight is 323 g/mol. The SMILES string of the molecule is O=C1CNC(=O)N1c1cccc(NCc2cnc(Cl)s2)c1. The van der Waals surface area contributed by atoms with E-state index < -0.39 is 6.03 Å². The van der Waals surface area contributed by atoms with Gasteiger partial charge >= 0.3 is 6.03 Å². The van der Waals surface area contributed by atoms with Gasteiger partial charge in [0.1, 0.15) is 0 Å².